The molecular formula is C23H24N4O. The van der Waals surface area contributed by atoms with Gasteiger partial charge in [-0.2, -0.15) is 0 Å². The molecule has 0 radical (unpaired) electrons. The van der Waals surface area contributed by atoms with Gasteiger partial charge in [0.05, 0.1) is 0 Å². The van der Waals surface area contributed by atoms with Crippen molar-refractivity contribution in [2.45, 2.75) is 25.7 Å². The molecule has 1 saturated heterocycles. The Bertz CT molecular complexity index is 967. The van der Waals surface area contributed by atoms with Gasteiger partial charge in [0.1, 0.15) is 0 Å². The molecule has 1 aliphatic rings. The molecule has 1 atom stereocenters. The van der Waals surface area contributed by atoms with Crippen LogP contribution in [0.15, 0.2) is 60.9 Å². The molecule has 0 aliphatic carbocycles. The van der Waals surface area contributed by atoms with Gasteiger partial charge in [0.25, 0.3) is 5.91 Å². The lowest BCUT2D eigenvalue weighted by molar-refractivity contribution is 0.0707. The minimum atomic E-state index is 0.0957. The van der Waals surface area contributed by atoms with Crippen molar-refractivity contribution in [1.82, 2.24) is 14.9 Å². The number of likely N-dealkylation sites (tertiary alicyclic amines) is 1. The van der Waals surface area contributed by atoms with Crippen LogP contribution in [0.4, 0.5) is 5.95 Å². The summed E-state index contributed by atoms with van der Waals surface area (Å²) in [6.45, 7) is 3.74. The molecule has 1 fully saturated rings. The molecule has 0 unspecified atom stereocenters. The molecule has 0 spiro atoms. The number of rotatable bonds is 3. The number of nitrogens with two attached hydrogens (primary N) is 1. The predicted octanol–water partition coefficient (Wildman–Crippen LogP) is 4.05. The number of hydrogen-bond acceptors (Lipinski definition) is 4. The Morgan fingerprint density at radius 1 is 1.04 bits per heavy atom. The molecule has 28 heavy (non-hydrogen) atoms. The summed E-state index contributed by atoms with van der Waals surface area (Å²) >= 11 is 0. The molecule has 2 N–H and O–H groups in total. The zero-order valence-corrected chi connectivity index (χ0v) is 16.0. The van der Waals surface area contributed by atoms with E-state index in [1.165, 1.54) is 11.1 Å². The Labute approximate surface area is 165 Å². The van der Waals surface area contributed by atoms with Gasteiger partial charge in [-0.05, 0) is 48.6 Å². The first-order chi connectivity index (χ1) is 13.6. The van der Waals surface area contributed by atoms with Crippen LogP contribution in [0, 0.1) is 6.92 Å². The number of aryl methyl sites for hydroxylation is 1. The van der Waals surface area contributed by atoms with Crippen LogP contribution in [-0.4, -0.2) is 33.9 Å². The Balaban J connectivity index is 1.49. The van der Waals surface area contributed by atoms with E-state index in [1.807, 2.05) is 29.2 Å². The highest BCUT2D eigenvalue weighted by Crippen LogP contribution is 2.30. The average molecular weight is 372 g/mol. The van der Waals surface area contributed by atoms with E-state index in [4.69, 9.17) is 5.73 Å². The fraction of sp³-hybridized carbons (Fsp3) is 0.261. The van der Waals surface area contributed by atoms with E-state index < -0.39 is 0 Å². The van der Waals surface area contributed by atoms with Crippen molar-refractivity contribution in [2.75, 3.05) is 18.8 Å². The van der Waals surface area contributed by atoms with Gasteiger partial charge in [-0.15, -0.1) is 0 Å². The number of carbonyl (C=O) groups is 1. The highest BCUT2D eigenvalue weighted by Gasteiger charge is 2.26. The summed E-state index contributed by atoms with van der Waals surface area (Å²) in [6, 6.07) is 16.1. The second-order valence-corrected chi connectivity index (χ2v) is 7.35. The van der Waals surface area contributed by atoms with Gasteiger partial charge in [0.15, 0.2) is 0 Å². The van der Waals surface area contributed by atoms with Crippen LogP contribution in [0.2, 0.25) is 0 Å². The van der Waals surface area contributed by atoms with Crippen molar-refractivity contribution >= 4 is 11.9 Å². The summed E-state index contributed by atoms with van der Waals surface area (Å²) in [5, 5.41) is 0. The van der Waals surface area contributed by atoms with E-state index in [2.05, 4.69) is 41.2 Å². The van der Waals surface area contributed by atoms with Crippen molar-refractivity contribution < 1.29 is 4.79 Å². The van der Waals surface area contributed by atoms with Crippen LogP contribution in [0.5, 0.6) is 0 Å². The average Bonchev–Trinajstić information content (AvgIpc) is 2.74. The number of carbonyl (C=O) groups excluding carboxylic acids is 1. The maximum Gasteiger partial charge on any atom is 0.253 e. The first kappa shape index (κ1) is 18.2. The Morgan fingerprint density at radius 2 is 1.75 bits per heavy atom. The number of anilines is 1. The standard InChI is InChI=1S/C23H24N4O/c1-16-5-2-3-7-21(16)19-6-4-12-27(15-19)22(28)18-10-8-17(9-11-18)20-13-25-23(24)26-14-20/h2-3,5,7-11,13-14,19H,4,6,12,15H2,1H3,(H2,24,25,26)/t19-/m0/s1. The van der Waals surface area contributed by atoms with Gasteiger partial charge in [0, 0.05) is 42.5 Å². The molecule has 1 aromatic heterocycles. The molecule has 5 nitrogen and oxygen atoms in total. The molecule has 5 heteroatoms. The summed E-state index contributed by atoms with van der Waals surface area (Å²) < 4.78 is 0. The molecule has 4 rings (SSSR count). The molecule has 142 valence electrons. The number of nitrogens with zero attached hydrogens (tertiary/aromatic N) is 3. The topological polar surface area (TPSA) is 72.1 Å². The maximum atomic E-state index is 13.0. The zero-order chi connectivity index (χ0) is 19.5. The fourth-order valence-electron chi connectivity index (χ4n) is 3.94. The molecule has 1 aliphatic heterocycles. The minimum absolute atomic E-state index is 0.0957. The SMILES string of the molecule is Cc1ccccc1[C@H]1CCCN(C(=O)c2ccc(-c3cnc(N)nc3)cc2)C1. The van der Waals surface area contributed by atoms with Crippen LogP contribution in [-0.2, 0) is 0 Å². The highest BCUT2D eigenvalue weighted by atomic mass is 16.2. The van der Waals surface area contributed by atoms with E-state index in [0.717, 1.165) is 37.1 Å². The van der Waals surface area contributed by atoms with Crippen molar-refractivity contribution in [3.8, 4) is 11.1 Å². The fourth-order valence-corrected chi connectivity index (χ4v) is 3.94. The number of hydrogen-bond donors (Lipinski definition) is 1. The van der Waals surface area contributed by atoms with Gasteiger partial charge in [-0.3, -0.25) is 4.79 Å². The normalized spacial score (nSPS) is 16.8. The maximum absolute atomic E-state index is 13.0. The third kappa shape index (κ3) is 3.74. The second-order valence-electron chi connectivity index (χ2n) is 7.35. The summed E-state index contributed by atoms with van der Waals surface area (Å²) in [6.07, 6.45) is 5.55. The van der Waals surface area contributed by atoms with Crippen LogP contribution >= 0.6 is 0 Å². The van der Waals surface area contributed by atoms with Crippen LogP contribution < -0.4 is 5.73 Å². The largest absolute Gasteiger partial charge is 0.368 e. The van der Waals surface area contributed by atoms with Gasteiger partial charge < -0.3 is 10.6 Å². The molecule has 2 aromatic carbocycles. The monoisotopic (exact) mass is 372 g/mol. The number of nitrogen functional groups attached to an aromatic ring is 1. The van der Waals surface area contributed by atoms with Crippen molar-refractivity contribution in [2.24, 2.45) is 0 Å². The second kappa shape index (κ2) is 7.80. The molecule has 3 aromatic rings. The van der Waals surface area contributed by atoms with Crippen molar-refractivity contribution in [3.05, 3.63) is 77.6 Å². The van der Waals surface area contributed by atoms with Crippen molar-refractivity contribution in [1.29, 1.82) is 0 Å². The molecular weight excluding hydrogens is 348 g/mol. The lowest BCUT2D eigenvalue weighted by atomic mass is 9.88. The molecule has 0 bridgehead atoms. The highest BCUT2D eigenvalue weighted by molar-refractivity contribution is 5.94. The predicted molar refractivity (Wildman–Crippen MR) is 111 cm³/mol. The third-order valence-electron chi connectivity index (χ3n) is 5.47. The molecule has 2 heterocycles. The Hall–Kier alpha value is -3.21. The molecule has 1 amide bonds. The van der Waals surface area contributed by atoms with E-state index in [9.17, 15) is 4.79 Å². The van der Waals surface area contributed by atoms with Crippen LogP contribution in [0.1, 0.15) is 40.2 Å². The van der Waals surface area contributed by atoms with Gasteiger partial charge in [0.2, 0.25) is 5.95 Å². The van der Waals surface area contributed by atoms with Gasteiger partial charge in [-0.1, -0.05) is 36.4 Å². The lowest BCUT2D eigenvalue weighted by Gasteiger charge is -2.33. The van der Waals surface area contributed by atoms with E-state index >= 15 is 0 Å². The quantitative estimate of drug-likeness (QED) is 0.753. The first-order valence-electron chi connectivity index (χ1n) is 9.64. The third-order valence-corrected chi connectivity index (χ3v) is 5.47. The Kier molecular flexibility index (Phi) is 5.06. The number of piperidine rings is 1. The number of amides is 1. The summed E-state index contributed by atoms with van der Waals surface area (Å²) in [4.78, 5) is 23.1. The van der Waals surface area contributed by atoms with Crippen molar-refractivity contribution in [3.63, 3.8) is 0 Å². The van der Waals surface area contributed by atoms with E-state index in [-0.39, 0.29) is 11.9 Å². The van der Waals surface area contributed by atoms with Crippen LogP contribution in [0.3, 0.4) is 0 Å². The zero-order valence-electron chi connectivity index (χ0n) is 16.0. The minimum Gasteiger partial charge on any atom is -0.368 e. The Morgan fingerprint density at radius 3 is 2.46 bits per heavy atom. The van der Waals surface area contributed by atoms with Gasteiger partial charge in [-0.25, -0.2) is 9.97 Å². The van der Waals surface area contributed by atoms with E-state index in [1.54, 1.807) is 12.4 Å². The lowest BCUT2D eigenvalue weighted by Crippen LogP contribution is -2.39. The summed E-state index contributed by atoms with van der Waals surface area (Å²) in [5.74, 6) is 0.757. The smallest absolute Gasteiger partial charge is 0.253 e. The molecule has 0 saturated carbocycles. The first-order valence-corrected chi connectivity index (χ1v) is 9.64. The summed E-state index contributed by atoms with van der Waals surface area (Å²) in [5.41, 5.74) is 10.8. The number of aromatic nitrogens is 2. The number of benzene rings is 2. The van der Waals surface area contributed by atoms with Crippen LogP contribution in [0.25, 0.3) is 11.1 Å². The van der Waals surface area contributed by atoms with E-state index in [0.29, 0.717) is 11.5 Å². The summed E-state index contributed by atoms with van der Waals surface area (Å²) in [7, 11) is 0. The van der Waals surface area contributed by atoms with Gasteiger partial charge >= 0.3 is 0 Å².